The summed E-state index contributed by atoms with van der Waals surface area (Å²) in [5.74, 6) is -0.0826. The number of halogens is 1. The second-order valence-electron chi connectivity index (χ2n) is 7.93. The smallest absolute Gasteiger partial charge is 0.305 e. The van der Waals surface area contributed by atoms with E-state index in [4.69, 9.17) is 4.74 Å². The molecule has 0 aliphatic carbocycles. The van der Waals surface area contributed by atoms with E-state index >= 15 is 0 Å². The van der Waals surface area contributed by atoms with E-state index in [1.165, 1.54) is 6.07 Å². The molecule has 2 aromatic rings. The van der Waals surface area contributed by atoms with Crippen LogP contribution in [0.3, 0.4) is 0 Å². The Morgan fingerprint density at radius 2 is 2.03 bits per heavy atom. The zero-order valence-corrected chi connectivity index (χ0v) is 17.7. The number of aliphatic hydroxyl groups is 1. The summed E-state index contributed by atoms with van der Waals surface area (Å²) in [7, 11) is 0. The quantitative estimate of drug-likeness (QED) is 0.546. The van der Waals surface area contributed by atoms with Crippen molar-refractivity contribution in [2.45, 2.75) is 52.8 Å². The van der Waals surface area contributed by atoms with Crippen molar-refractivity contribution in [1.29, 1.82) is 0 Å². The van der Waals surface area contributed by atoms with E-state index in [1.807, 2.05) is 31.3 Å². The third-order valence-electron chi connectivity index (χ3n) is 4.53. The largest absolute Gasteiger partial charge is 0.463 e. The molecule has 160 valence electrons. The zero-order chi connectivity index (χ0) is 21.2. The summed E-state index contributed by atoms with van der Waals surface area (Å²) in [4.78, 5) is 13.7. The van der Waals surface area contributed by atoms with Crippen molar-refractivity contribution in [3.63, 3.8) is 0 Å². The van der Waals surface area contributed by atoms with E-state index in [1.54, 1.807) is 12.1 Å². The molecule has 0 unspecified atom stereocenters. The third-order valence-corrected chi connectivity index (χ3v) is 4.53. The zero-order valence-electron chi connectivity index (χ0n) is 17.7. The van der Waals surface area contributed by atoms with Crippen LogP contribution in [0.2, 0.25) is 0 Å². The molecule has 5 nitrogen and oxygen atoms in total. The lowest BCUT2D eigenvalue weighted by molar-refractivity contribution is -0.147. The van der Waals surface area contributed by atoms with Gasteiger partial charge in [-0.2, -0.15) is 0 Å². The van der Waals surface area contributed by atoms with Crippen LogP contribution in [0.25, 0.3) is 0 Å². The summed E-state index contributed by atoms with van der Waals surface area (Å²) in [5, 5.41) is 10.3. The van der Waals surface area contributed by atoms with Crippen LogP contribution in [0.15, 0.2) is 42.6 Å². The molecule has 0 amide bonds. The van der Waals surface area contributed by atoms with Gasteiger partial charge in [0.15, 0.2) is 0 Å². The summed E-state index contributed by atoms with van der Waals surface area (Å²) in [6, 6.07) is 10.6. The molecule has 0 saturated carbocycles. The molecule has 2 rings (SSSR count). The van der Waals surface area contributed by atoms with Gasteiger partial charge in [-0.05, 0) is 42.2 Å². The number of hydrogen-bond donors (Lipinski definition) is 1. The molecule has 1 atom stereocenters. The van der Waals surface area contributed by atoms with Crippen molar-refractivity contribution in [2.75, 3.05) is 19.7 Å². The molecule has 0 spiro atoms. The molecule has 6 heteroatoms. The van der Waals surface area contributed by atoms with Crippen molar-refractivity contribution >= 4 is 5.97 Å². The number of aliphatic hydroxyl groups excluding tert-OH is 1. The van der Waals surface area contributed by atoms with Crippen molar-refractivity contribution < 1.29 is 19.0 Å². The number of aromatic nitrogens is 1. The van der Waals surface area contributed by atoms with Gasteiger partial charge < -0.3 is 14.4 Å². The SMILES string of the molecule is CCCC(=O)OC[C@H](O)CN(Cc1cccn1Cc1cccc(F)c1)CC(C)C. The van der Waals surface area contributed by atoms with Gasteiger partial charge in [0.2, 0.25) is 0 Å². The van der Waals surface area contributed by atoms with Gasteiger partial charge in [-0.15, -0.1) is 0 Å². The lowest BCUT2D eigenvalue weighted by Crippen LogP contribution is -2.37. The van der Waals surface area contributed by atoms with Crippen LogP contribution in [0.5, 0.6) is 0 Å². The highest BCUT2D eigenvalue weighted by molar-refractivity contribution is 5.69. The van der Waals surface area contributed by atoms with Gasteiger partial charge in [0, 0.05) is 44.5 Å². The van der Waals surface area contributed by atoms with Gasteiger partial charge in [-0.1, -0.05) is 32.9 Å². The minimum absolute atomic E-state index is 0.0116. The minimum atomic E-state index is -0.735. The molecule has 0 fully saturated rings. The Hall–Kier alpha value is -2.18. The van der Waals surface area contributed by atoms with Gasteiger partial charge in [-0.3, -0.25) is 9.69 Å². The van der Waals surface area contributed by atoms with Crippen LogP contribution in [-0.4, -0.2) is 46.3 Å². The number of carbonyl (C=O) groups excluding carboxylic acids is 1. The van der Waals surface area contributed by atoms with Gasteiger partial charge >= 0.3 is 5.97 Å². The molecular weight excluding hydrogens is 371 g/mol. The molecule has 1 heterocycles. The van der Waals surface area contributed by atoms with E-state index < -0.39 is 6.10 Å². The molecule has 0 aliphatic heterocycles. The van der Waals surface area contributed by atoms with Crippen molar-refractivity contribution in [3.8, 4) is 0 Å². The van der Waals surface area contributed by atoms with Crippen LogP contribution >= 0.6 is 0 Å². The fraction of sp³-hybridized carbons (Fsp3) is 0.522. The number of benzene rings is 1. The summed E-state index contributed by atoms with van der Waals surface area (Å²) in [5.41, 5.74) is 1.99. The van der Waals surface area contributed by atoms with Gasteiger partial charge in [0.05, 0.1) is 0 Å². The Balaban J connectivity index is 1.99. The van der Waals surface area contributed by atoms with Gasteiger partial charge in [0.25, 0.3) is 0 Å². The van der Waals surface area contributed by atoms with Crippen LogP contribution in [-0.2, 0) is 22.6 Å². The highest BCUT2D eigenvalue weighted by Crippen LogP contribution is 2.13. The topological polar surface area (TPSA) is 54.7 Å². The first-order valence-corrected chi connectivity index (χ1v) is 10.3. The summed E-state index contributed by atoms with van der Waals surface area (Å²) < 4.78 is 20.7. The lowest BCUT2D eigenvalue weighted by Gasteiger charge is -2.27. The van der Waals surface area contributed by atoms with Crippen LogP contribution in [0.1, 0.15) is 44.9 Å². The Bertz CT molecular complexity index is 760. The maximum absolute atomic E-state index is 13.5. The Morgan fingerprint density at radius 1 is 1.24 bits per heavy atom. The maximum atomic E-state index is 13.5. The van der Waals surface area contributed by atoms with Gasteiger partial charge in [0.1, 0.15) is 18.5 Å². The number of rotatable bonds is 12. The predicted octanol–water partition coefficient (Wildman–Crippen LogP) is 3.84. The molecule has 0 aliphatic rings. The number of ether oxygens (including phenoxy) is 1. The fourth-order valence-corrected chi connectivity index (χ4v) is 3.34. The first-order valence-electron chi connectivity index (χ1n) is 10.3. The first kappa shape index (κ1) is 23.1. The van der Waals surface area contributed by atoms with Crippen molar-refractivity contribution in [1.82, 2.24) is 9.47 Å². The molecule has 1 aromatic carbocycles. The van der Waals surface area contributed by atoms with Crippen molar-refractivity contribution in [2.24, 2.45) is 5.92 Å². The summed E-state index contributed by atoms with van der Waals surface area (Å²) >= 11 is 0. The number of nitrogens with zero attached hydrogens (tertiary/aromatic N) is 2. The van der Waals surface area contributed by atoms with E-state index in [0.717, 1.165) is 24.2 Å². The highest BCUT2D eigenvalue weighted by atomic mass is 19.1. The van der Waals surface area contributed by atoms with Crippen LogP contribution < -0.4 is 0 Å². The molecule has 0 saturated heterocycles. The fourth-order valence-electron chi connectivity index (χ4n) is 3.34. The van der Waals surface area contributed by atoms with Gasteiger partial charge in [-0.25, -0.2) is 4.39 Å². The molecule has 1 N–H and O–H groups in total. The molecule has 0 radical (unpaired) electrons. The number of hydrogen-bond acceptors (Lipinski definition) is 4. The molecular formula is C23H33FN2O3. The summed E-state index contributed by atoms with van der Waals surface area (Å²) in [6.07, 6.45) is 2.35. The van der Waals surface area contributed by atoms with E-state index in [-0.39, 0.29) is 18.4 Å². The Morgan fingerprint density at radius 3 is 2.72 bits per heavy atom. The molecule has 1 aromatic heterocycles. The molecule has 29 heavy (non-hydrogen) atoms. The van der Waals surface area contributed by atoms with Crippen LogP contribution in [0, 0.1) is 11.7 Å². The second-order valence-corrected chi connectivity index (χ2v) is 7.93. The predicted molar refractivity (Wildman–Crippen MR) is 112 cm³/mol. The average molecular weight is 405 g/mol. The van der Waals surface area contributed by atoms with E-state index in [2.05, 4.69) is 23.3 Å². The Kier molecular flexibility index (Phi) is 9.35. The van der Waals surface area contributed by atoms with E-state index in [9.17, 15) is 14.3 Å². The standard InChI is InChI=1S/C23H33FN2O3/c1-4-7-23(28)29-17-22(27)16-25(13-18(2)3)15-21-10-6-11-26(21)14-19-8-5-9-20(24)12-19/h5-6,8-12,18,22,27H,4,7,13-17H2,1-3H3/t22-/m1/s1. The highest BCUT2D eigenvalue weighted by Gasteiger charge is 2.17. The number of carbonyl (C=O) groups is 1. The monoisotopic (exact) mass is 404 g/mol. The van der Waals surface area contributed by atoms with E-state index in [0.29, 0.717) is 32.0 Å². The Labute approximate surface area is 173 Å². The minimum Gasteiger partial charge on any atom is -0.463 e. The van der Waals surface area contributed by atoms with Crippen molar-refractivity contribution in [3.05, 3.63) is 59.7 Å². The molecule has 0 bridgehead atoms. The second kappa shape index (κ2) is 11.7. The first-order chi connectivity index (χ1) is 13.9. The maximum Gasteiger partial charge on any atom is 0.305 e. The average Bonchev–Trinajstić information content (AvgIpc) is 3.06. The lowest BCUT2D eigenvalue weighted by atomic mass is 10.2. The number of esters is 1. The van der Waals surface area contributed by atoms with Crippen LogP contribution in [0.4, 0.5) is 4.39 Å². The summed E-state index contributed by atoms with van der Waals surface area (Å²) in [6.45, 7) is 8.67. The third kappa shape index (κ3) is 8.38. The normalized spacial score (nSPS) is 12.5.